The van der Waals surface area contributed by atoms with E-state index in [2.05, 4.69) is 10.6 Å². The minimum Gasteiger partial charge on any atom is -0.484 e. The molecule has 0 spiro atoms. The molecule has 7 heteroatoms. The van der Waals surface area contributed by atoms with E-state index in [9.17, 15) is 14.4 Å². The molecule has 0 saturated heterocycles. The van der Waals surface area contributed by atoms with Gasteiger partial charge < -0.3 is 19.8 Å². The molecular weight excluding hydrogens is 372 g/mol. The molecule has 0 aliphatic carbocycles. The van der Waals surface area contributed by atoms with Crippen LogP contribution in [0.2, 0.25) is 0 Å². The molecule has 3 aromatic rings. The number of fused-ring (bicyclic) bond motifs is 1. The van der Waals surface area contributed by atoms with Gasteiger partial charge >= 0.3 is 5.63 Å². The van der Waals surface area contributed by atoms with Gasteiger partial charge in [0.05, 0.1) is 0 Å². The van der Waals surface area contributed by atoms with Gasteiger partial charge in [-0.05, 0) is 42.3 Å². The first kappa shape index (κ1) is 20.1. The van der Waals surface area contributed by atoms with E-state index in [1.54, 1.807) is 30.3 Å². The van der Waals surface area contributed by atoms with Crippen LogP contribution >= 0.6 is 0 Å². The lowest BCUT2D eigenvalue weighted by Crippen LogP contribution is -2.28. The Hall–Kier alpha value is -3.61. The Labute approximate surface area is 167 Å². The van der Waals surface area contributed by atoms with E-state index in [0.29, 0.717) is 30.0 Å². The van der Waals surface area contributed by atoms with Crippen LogP contribution in [0.15, 0.2) is 63.8 Å². The number of benzene rings is 2. The topological polar surface area (TPSA) is 97.6 Å². The van der Waals surface area contributed by atoms with Gasteiger partial charge in [-0.3, -0.25) is 9.59 Å². The van der Waals surface area contributed by atoms with Gasteiger partial charge in [-0.25, -0.2) is 4.79 Å². The van der Waals surface area contributed by atoms with Crippen molar-refractivity contribution in [2.45, 2.75) is 26.3 Å². The summed E-state index contributed by atoms with van der Waals surface area (Å²) in [5, 5.41) is 6.37. The number of ether oxygens (including phenoxy) is 1. The molecule has 0 fully saturated rings. The Bertz CT molecular complexity index is 1070. The molecule has 0 saturated carbocycles. The molecule has 2 N–H and O–H groups in total. The molecule has 0 bridgehead atoms. The maximum Gasteiger partial charge on any atom is 0.336 e. The van der Waals surface area contributed by atoms with Crippen LogP contribution in [0.25, 0.3) is 11.0 Å². The number of hydrogen-bond donors (Lipinski definition) is 2. The van der Waals surface area contributed by atoms with Crippen molar-refractivity contribution in [3.8, 4) is 5.75 Å². The van der Waals surface area contributed by atoms with Gasteiger partial charge in [-0.1, -0.05) is 19.1 Å². The van der Waals surface area contributed by atoms with Crippen LogP contribution in [-0.2, 0) is 16.1 Å². The molecule has 7 nitrogen and oxygen atoms in total. The number of carbonyl (C=O) groups excluding carboxylic acids is 2. The number of nitrogens with one attached hydrogen (secondary N) is 2. The molecular formula is C22H22N2O5. The van der Waals surface area contributed by atoms with Crippen LogP contribution < -0.4 is 21.0 Å². The highest BCUT2D eigenvalue weighted by Crippen LogP contribution is 2.19. The Balaban J connectivity index is 1.51. The third-order valence-corrected chi connectivity index (χ3v) is 4.14. The van der Waals surface area contributed by atoms with Crippen LogP contribution in [0.5, 0.6) is 5.75 Å². The van der Waals surface area contributed by atoms with Crippen LogP contribution in [0.4, 0.5) is 5.69 Å². The van der Waals surface area contributed by atoms with E-state index in [0.717, 1.165) is 17.4 Å². The molecule has 0 aliphatic heterocycles. The lowest BCUT2D eigenvalue weighted by molar-refractivity contribution is -0.123. The molecule has 0 aliphatic rings. The van der Waals surface area contributed by atoms with E-state index >= 15 is 0 Å². The number of anilines is 1. The van der Waals surface area contributed by atoms with Crippen molar-refractivity contribution in [3.63, 3.8) is 0 Å². The molecule has 1 heterocycles. The summed E-state index contributed by atoms with van der Waals surface area (Å²) in [5.74, 6) is 0.107. The highest BCUT2D eigenvalue weighted by Gasteiger charge is 2.06. The summed E-state index contributed by atoms with van der Waals surface area (Å²) in [6.45, 7) is 2.09. The average molecular weight is 394 g/mol. The molecule has 29 heavy (non-hydrogen) atoms. The Kier molecular flexibility index (Phi) is 6.63. The minimum absolute atomic E-state index is 0.0340. The largest absolute Gasteiger partial charge is 0.484 e. The summed E-state index contributed by atoms with van der Waals surface area (Å²) >= 11 is 0. The summed E-state index contributed by atoms with van der Waals surface area (Å²) in [6.07, 6.45) is 1.25. The Morgan fingerprint density at radius 1 is 1.03 bits per heavy atom. The molecule has 3 rings (SSSR count). The lowest BCUT2D eigenvalue weighted by Gasteiger charge is -2.10. The van der Waals surface area contributed by atoms with Gasteiger partial charge in [-0.15, -0.1) is 0 Å². The standard InChI is InChI=1S/C22H22N2O5/c1-2-4-20(25)24-17-6-3-5-15(11-17)13-23-21(26)14-28-18-9-7-16-8-10-22(27)29-19(16)12-18/h3,5-12H,2,4,13-14H2,1H3,(H,23,26)(H,24,25). The smallest absolute Gasteiger partial charge is 0.336 e. The van der Waals surface area contributed by atoms with Gasteiger partial charge in [0.25, 0.3) is 5.91 Å². The summed E-state index contributed by atoms with van der Waals surface area (Å²) in [5.41, 5.74) is 1.52. The Morgan fingerprint density at radius 2 is 1.86 bits per heavy atom. The van der Waals surface area contributed by atoms with Crippen molar-refractivity contribution in [2.24, 2.45) is 0 Å². The van der Waals surface area contributed by atoms with E-state index in [4.69, 9.17) is 9.15 Å². The predicted molar refractivity (Wildman–Crippen MR) is 110 cm³/mol. The van der Waals surface area contributed by atoms with E-state index in [-0.39, 0.29) is 18.4 Å². The van der Waals surface area contributed by atoms with Gasteiger partial charge in [0, 0.05) is 36.2 Å². The van der Waals surface area contributed by atoms with Crippen LogP contribution in [0.1, 0.15) is 25.3 Å². The van der Waals surface area contributed by atoms with Gasteiger partial charge in [0.1, 0.15) is 11.3 Å². The highest BCUT2D eigenvalue weighted by molar-refractivity contribution is 5.90. The molecule has 150 valence electrons. The monoisotopic (exact) mass is 394 g/mol. The fourth-order valence-electron chi connectivity index (χ4n) is 2.74. The highest BCUT2D eigenvalue weighted by atomic mass is 16.5. The van der Waals surface area contributed by atoms with Crippen LogP contribution in [0.3, 0.4) is 0 Å². The van der Waals surface area contributed by atoms with Crippen LogP contribution in [-0.4, -0.2) is 18.4 Å². The first-order valence-corrected chi connectivity index (χ1v) is 9.35. The maximum atomic E-state index is 12.1. The minimum atomic E-state index is -0.444. The van der Waals surface area contributed by atoms with Crippen molar-refractivity contribution in [2.75, 3.05) is 11.9 Å². The SMILES string of the molecule is CCCC(=O)Nc1cccc(CNC(=O)COc2ccc3ccc(=O)oc3c2)c1. The fourth-order valence-corrected chi connectivity index (χ4v) is 2.74. The number of rotatable bonds is 8. The second-order valence-corrected chi connectivity index (χ2v) is 6.52. The summed E-state index contributed by atoms with van der Waals surface area (Å²) < 4.78 is 10.6. The van der Waals surface area contributed by atoms with Crippen LogP contribution in [0, 0.1) is 0 Å². The first-order valence-electron chi connectivity index (χ1n) is 9.35. The van der Waals surface area contributed by atoms with Gasteiger partial charge in [0.2, 0.25) is 5.91 Å². The molecule has 1 aromatic heterocycles. The zero-order valence-corrected chi connectivity index (χ0v) is 16.1. The molecule has 0 unspecified atom stereocenters. The number of carbonyl (C=O) groups is 2. The zero-order chi connectivity index (χ0) is 20.6. The van der Waals surface area contributed by atoms with Crippen molar-refractivity contribution >= 4 is 28.5 Å². The maximum absolute atomic E-state index is 12.1. The number of hydrogen-bond acceptors (Lipinski definition) is 5. The normalized spacial score (nSPS) is 10.5. The quantitative estimate of drug-likeness (QED) is 0.572. The van der Waals surface area contributed by atoms with Crippen molar-refractivity contribution in [1.82, 2.24) is 5.32 Å². The third-order valence-electron chi connectivity index (χ3n) is 4.14. The molecule has 0 atom stereocenters. The second kappa shape index (κ2) is 9.54. The van der Waals surface area contributed by atoms with Crippen molar-refractivity contribution in [3.05, 3.63) is 70.6 Å². The van der Waals surface area contributed by atoms with Gasteiger partial charge in [-0.2, -0.15) is 0 Å². The summed E-state index contributed by atoms with van der Waals surface area (Å²) in [7, 11) is 0. The van der Waals surface area contributed by atoms with E-state index in [1.807, 2.05) is 25.1 Å². The Morgan fingerprint density at radius 3 is 2.69 bits per heavy atom. The predicted octanol–water partition coefficient (Wildman–Crippen LogP) is 3.23. The van der Waals surface area contributed by atoms with Crippen molar-refractivity contribution in [1.29, 1.82) is 0 Å². The fraction of sp³-hybridized carbons (Fsp3) is 0.227. The van der Waals surface area contributed by atoms with E-state index < -0.39 is 5.63 Å². The zero-order valence-electron chi connectivity index (χ0n) is 16.1. The van der Waals surface area contributed by atoms with Crippen molar-refractivity contribution < 1.29 is 18.7 Å². The first-order chi connectivity index (χ1) is 14.0. The van der Waals surface area contributed by atoms with E-state index in [1.165, 1.54) is 6.07 Å². The molecule has 2 aromatic carbocycles. The average Bonchev–Trinajstić information content (AvgIpc) is 2.71. The summed E-state index contributed by atoms with van der Waals surface area (Å²) in [4.78, 5) is 35.1. The van der Waals surface area contributed by atoms with Gasteiger partial charge in [0.15, 0.2) is 6.61 Å². The second-order valence-electron chi connectivity index (χ2n) is 6.52. The lowest BCUT2D eigenvalue weighted by atomic mass is 10.2. The summed E-state index contributed by atoms with van der Waals surface area (Å²) in [6, 6.07) is 15.4. The molecule has 0 radical (unpaired) electrons. The number of amides is 2. The molecule has 2 amide bonds. The third kappa shape index (κ3) is 5.93.